The highest BCUT2D eigenvalue weighted by Crippen LogP contribution is 2.37. The van der Waals surface area contributed by atoms with Crippen LogP contribution in [0.4, 0.5) is 5.69 Å². The van der Waals surface area contributed by atoms with E-state index in [2.05, 4.69) is 36.3 Å². The number of rotatable bonds is 3. The third kappa shape index (κ3) is 3.06. The van der Waals surface area contributed by atoms with Gasteiger partial charge in [-0.15, -0.1) is 15.3 Å². The van der Waals surface area contributed by atoms with Gasteiger partial charge in [0.05, 0.1) is 11.3 Å². The van der Waals surface area contributed by atoms with Crippen LogP contribution in [0.25, 0.3) is 22.3 Å². The van der Waals surface area contributed by atoms with Crippen LogP contribution in [-0.2, 0) is 14.1 Å². The first-order valence-electron chi connectivity index (χ1n) is 9.93. The van der Waals surface area contributed by atoms with Gasteiger partial charge in [0.25, 0.3) is 0 Å². The molecule has 1 aromatic carbocycles. The molecule has 0 unspecified atom stereocenters. The summed E-state index contributed by atoms with van der Waals surface area (Å²) in [6, 6.07) is 10.2. The van der Waals surface area contributed by atoms with Gasteiger partial charge in [-0.05, 0) is 25.0 Å². The van der Waals surface area contributed by atoms with Gasteiger partial charge in [-0.3, -0.25) is 0 Å². The Balaban J connectivity index is 1.50. The summed E-state index contributed by atoms with van der Waals surface area (Å²) in [5.74, 6) is 1.41. The van der Waals surface area contributed by atoms with Crippen LogP contribution in [0.15, 0.2) is 36.8 Å². The summed E-state index contributed by atoms with van der Waals surface area (Å²) in [6.45, 7) is 1.70. The maximum atomic E-state index is 9.79. The van der Waals surface area contributed by atoms with E-state index in [0.29, 0.717) is 17.1 Å². The molecular weight excluding hydrogens is 378 g/mol. The molecule has 0 radical (unpaired) electrons. The van der Waals surface area contributed by atoms with Crippen LogP contribution >= 0.6 is 0 Å². The van der Waals surface area contributed by atoms with E-state index in [1.54, 1.807) is 13.4 Å². The molecule has 0 N–H and O–H groups in total. The summed E-state index contributed by atoms with van der Waals surface area (Å²) in [7, 11) is 3.77. The molecule has 5 rings (SSSR count). The zero-order chi connectivity index (χ0) is 20.7. The van der Waals surface area contributed by atoms with Gasteiger partial charge in [-0.1, -0.05) is 12.1 Å². The maximum Gasteiger partial charge on any atom is 0.201 e. The van der Waals surface area contributed by atoms with Crippen LogP contribution in [0.5, 0.6) is 0 Å². The second-order valence-electron chi connectivity index (χ2n) is 7.63. The molecule has 0 spiro atoms. The Bertz CT molecular complexity index is 1260. The van der Waals surface area contributed by atoms with Crippen molar-refractivity contribution in [1.82, 2.24) is 34.7 Å². The summed E-state index contributed by atoms with van der Waals surface area (Å²) in [5.41, 5.74) is 4.91. The first-order valence-corrected chi connectivity index (χ1v) is 9.93. The van der Waals surface area contributed by atoms with Crippen molar-refractivity contribution in [2.75, 3.05) is 18.0 Å². The van der Waals surface area contributed by atoms with Crippen molar-refractivity contribution in [3.8, 4) is 17.2 Å². The largest absolute Gasteiger partial charge is 0.370 e. The zero-order valence-electron chi connectivity index (χ0n) is 16.9. The van der Waals surface area contributed by atoms with Crippen LogP contribution in [0.1, 0.15) is 30.1 Å². The van der Waals surface area contributed by atoms with E-state index in [9.17, 15) is 5.26 Å². The third-order valence-corrected chi connectivity index (χ3v) is 5.73. The van der Waals surface area contributed by atoms with Gasteiger partial charge >= 0.3 is 0 Å². The predicted octanol–water partition coefficient (Wildman–Crippen LogP) is 2.41. The molecule has 0 amide bonds. The molecule has 150 valence electrons. The monoisotopic (exact) mass is 399 g/mol. The van der Waals surface area contributed by atoms with Crippen molar-refractivity contribution in [2.45, 2.75) is 18.8 Å². The summed E-state index contributed by atoms with van der Waals surface area (Å²) in [6.07, 6.45) is 5.49. The minimum absolute atomic E-state index is 0.379. The van der Waals surface area contributed by atoms with Crippen LogP contribution in [-0.4, -0.2) is 47.8 Å². The number of hydrogen-bond acceptors (Lipinski definition) is 7. The average molecular weight is 399 g/mol. The lowest BCUT2D eigenvalue weighted by atomic mass is 9.93. The highest BCUT2D eigenvalue weighted by Gasteiger charge is 2.27. The van der Waals surface area contributed by atoms with Gasteiger partial charge in [0.15, 0.2) is 0 Å². The number of hydrogen-bond donors (Lipinski definition) is 0. The molecule has 0 aliphatic carbocycles. The van der Waals surface area contributed by atoms with Gasteiger partial charge < -0.3 is 9.47 Å². The molecule has 0 saturated carbocycles. The van der Waals surface area contributed by atoms with Gasteiger partial charge in [0, 0.05) is 50.4 Å². The number of piperidine rings is 1. The highest BCUT2D eigenvalue weighted by atomic mass is 15.5. The van der Waals surface area contributed by atoms with E-state index in [-0.39, 0.29) is 0 Å². The number of aromatic nitrogens is 7. The molecule has 3 aromatic heterocycles. The zero-order valence-corrected chi connectivity index (χ0v) is 16.9. The van der Waals surface area contributed by atoms with Crippen LogP contribution < -0.4 is 4.90 Å². The Morgan fingerprint density at radius 1 is 1.13 bits per heavy atom. The molecule has 1 aliphatic heterocycles. The predicted molar refractivity (Wildman–Crippen MR) is 112 cm³/mol. The molecule has 9 nitrogen and oxygen atoms in total. The minimum Gasteiger partial charge on any atom is -0.370 e. The van der Waals surface area contributed by atoms with E-state index < -0.39 is 0 Å². The van der Waals surface area contributed by atoms with E-state index in [1.165, 1.54) is 4.80 Å². The number of anilines is 1. The molecule has 4 heterocycles. The van der Waals surface area contributed by atoms with Gasteiger partial charge in [-0.2, -0.15) is 15.2 Å². The van der Waals surface area contributed by atoms with Crippen molar-refractivity contribution in [3.63, 3.8) is 0 Å². The van der Waals surface area contributed by atoms with Gasteiger partial charge in [-0.25, -0.2) is 4.98 Å². The molecule has 1 fully saturated rings. The average Bonchev–Trinajstić information content (AvgIpc) is 3.37. The topological polar surface area (TPSA) is 101 Å². The molecule has 0 atom stereocenters. The van der Waals surface area contributed by atoms with Gasteiger partial charge in [0.1, 0.15) is 23.7 Å². The smallest absolute Gasteiger partial charge is 0.201 e. The van der Waals surface area contributed by atoms with Crippen molar-refractivity contribution in [1.29, 1.82) is 5.26 Å². The van der Waals surface area contributed by atoms with Crippen molar-refractivity contribution >= 4 is 16.9 Å². The second-order valence-corrected chi connectivity index (χ2v) is 7.63. The Kier molecular flexibility index (Phi) is 4.39. The van der Waals surface area contributed by atoms with E-state index >= 15 is 0 Å². The number of para-hydroxylation sites is 1. The first-order chi connectivity index (χ1) is 14.6. The summed E-state index contributed by atoms with van der Waals surface area (Å²) in [4.78, 5) is 8.29. The van der Waals surface area contributed by atoms with Crippen LogP contribution in [0, 0.1) is 11.3 Å². The van der Waals surface area contributed by atoms with E-state index in [4.69, 9.17) is 0 Å². The molecule has 1 aliphatic rings. The summed E-state index contributed by atoms with van der Waals surface area (Å²) in [5, 5.41) is 26.7. The van der Waals surface area contributed by atoms with Crippen molar-refractivity contribution < 1.29 is 0 Å². The Hall–Kier alpha value is -3.80. The Morgan fingerprint density at radius 3 is 2.70 bits per heavy atom. The lowest BCUT2D eigenvalue weighted by Gasteiger charge is -2.35. The number of aryl methyl sites for hydroxylation is 2. The number of fused-ring (bicyclic) bond motifs is 1. The first kappa shape index (κ1) is 18.2. The fourth-order valence-electron chi connectivity index (χ4n) is 4.29. The van der Waals surface area contributed by atoms with Crippen molar-refractivity contribution in [2.24, 2.45) is 14.1 Å². The molecule has 0 bridgehead atoms. The normalized spacial score (nSPS) is 14.9. The van der Waals surface area contributed by atoms with Gasteiger partial charge in [0.2, 0.25) is 5.65 Å². The van der Waals surface area contributed by atoms with Crippen LogP contribution in [0.2, 0.25) is 0 Å². The number of nitriles is 1. The molecular formula is C21H21N9. The fourth-order valence-corrected chi connectivity index (χ4v) is 4.29. The SMILES string of the molecule is Cn1nc2cc(-c3cccc(C#N)c3N3CCC(c4nncn4C)CC3)cnc2n1. The quantitative estimate of drug-likeness (QED) is 0.521. The van der Waals surface area contributed by atoms with E-state index in [1.807, 2.05) is 42.1 Å². The maximum absolute atomic E-state index is 9.79. The number of pyridine rings is 1. The summed E-state index contributed by atoms with van der Waals surface area (Å²) < 4.78 is 2.00. The lowest BCUT2D eigenvalue weighted by molar-refractivity contribution is 0.474. The standard InChI is InChI=1S/C21H21N9/c1-28-13-24-25-21(28)14-6-8-30(9-7-14)19-15(11-22)4-3-5-17(19)16-10-18-20(23-12-16)27-29(2)26-18/h3-5,10,12-14H,6-9H2,1-2H3. The Labute approximate surface area is 173 Å². The van der Waals surface area contributed by atoms with Crippen molar-refractivity contribution in [3.05, 3.63) is 48.2 Å². The van der Waals surface area contributed by atoms with E-state index in [0.717, 1.165) is 54.1 Å². The Morgan fingerprint density at radius 2 is 1.97 bits per heavy atom. The molecule has 4 aromatic rings. The molecule has 30 heavy (non-hydrogen) atoms. The summed E-state index contributed by atoms with van der Waals surface area (Å²) >= 11 is 0. The number of nitrogens with zero attached hydrogens (tertiary/aromatic N) is 9. The third-order valence-electron chi connectivity index (χ3n) is 5.73. The minimum atomic E-state index is 0.379. The lowest BCUT2D eigenvalue weighted by Crippen LogP contribution is -2.34. The fraction of sp³-hybridized carbons (Fsp3) is 0.333. The molecule has 9 heteroatoms. The highest BCUT2D eigenvalue weighted by molar-refractivity contribution is 5.86. The second kappa shape index (κ2) is 7.22. The number of benzene rings is 1. The molecule has 1 saturated heterocycles. The van der Waals surface area contributed by atoms with Crippen LogP contribution in [0.3, 0.4) is 0 Å².